The van der Waals surface area contributed by atoms with Crippen LogP contribution in [0.2, 0.25) is 0 Å². The van der Waals surface area contributed by atoms with Crippen molar-refractivity contribution in [3.8, 4) is 16.9 Å². The van der Waals surface area contributed by atoms with E-state index in [0.29, 0.717) is 35.4 Å². The monoisotopic (exact) mass is 437 g/mol. The van der Waals surface area contributed by atoms with Crippen LogP contribution in [0.25, 0.3) is 11.1 Å². The molecule has 0 saturated heterocycles. The fourth-order valence-electron chi connectivity index (χ4n) is 3.08. The Kier molecular flexibility index (Phi) is 6.71. The molecule has 0 saturated carbocycles. The number of sulfone groups is 1. The van der Waals surface area contributed by atoms with Gasteiger partial charge in [0, 0.05) is 23.9 Å². The molecule has 3 aromatic rings. The first kappa shape index (κ1) is 22.0. The van der Waals surface area contributed by atoms with E-state index < -0.39 is 15.9 Å². The second kappa shape index (κ2) is 9.44. The van der Waals surface area contributed by atoms with Crippen molar-refractivity contribution in [3.05, 3.63) is 83.9 Å². The Balaban J connectivity index is 1.59. The lowest BCUT2D eigenvalue weighted by atomic mass is 10.1. The fourth-order valence-corrected chi connectivity index (χ4v) is 3.99. The molecule has 0 radical (unpaired) electrons. The normalized spacial score (nSPS) is 11.0. The molecule has 0 aliphatic rings. The third-order valence-corrected chi connectivity index (χ3v) is 5.74. The summed E-state index contributed by atoms with van der Waals surface area (Å²) in [6, 6.07) is 20.7. The van der Waals surface area contributed by atoms with Crippen LogP contribution >= 0.6 is 0 Å². The van der Waals surface area contributed by atoms with E-state index in [0.717, 1.165) is 5.56 Å². The van der Waals surface area contributed by atoms with E-state index in [1.54, 1.807) is 54.6 Å². The summed E-state index contributed by atoms with van der Waals surface area (Å²) in [7, 11) is -3.37. The standard InChI is InChI=1S/C23H23N3O4S/c1-31(28,29)21-8-3-2-7-20(21)17-9-11-19(12-10-17)30-23(27)26-14-13-16-5-4-6-18(15-16)22(24)25/h2-12,15H,13-14H2,1H3,(H3,24,25)(H,26,27). The molecule has 0 aromatic heterocycles. The van der Waals surface area contributed by atoms with E-state index in [9.17, 15) is 13.2 Å². The van der Waals surface area contributed by atoms with E-state index in [1.807, 2.05) is 18.2 Å². The van der Waals surface area contributed by atoms with Crippen LogP contribution in [0.4, 0.5) is 4.79 Å². The summed E-state index contributed by atoms with van der Waals surface area (Å²) in [5.41, 5.74) is 8.37. The maximum atomic E-state index is 12.1. The lowest BCUT2D eigenvalue weighted by Crippen LogP contribution is -2.28. The highest BCUT2D eigenvalue weighted by Gasteiger charge is 2.14. The van der Waals surface area contributed by atoms with Gasteiger partial charge in [0.15, 0.2) is 9.84 Å². The maximum absolute atomic E-state index is 12.1. The highest BCUT2D eigenvalue weighted by Crippen LogP contribution is 2.28. The predicted octanol–water partition coefficient (Wildman–Crippen LogP) is 3.37. The zero-order chi connectivity index (χ0) is 22.4. The Labute approximate surface area is 181 Å². The van der Waals surface area contributed by atoms with E-state index in [1.165, 1.54) is 6.26 Å². The molecule has 0 bridgehead atoms. The number of nitrogens with two attached hydrogens (primary N) is 1. The zero-order valence-corrected chi connectivity index (χ0v) is 17.8. The quantitative estimate of drug-likeness (QED) is 0.386. The molecule has 160 valence electrons. The van der Waals surface area contributed by atoms with Crippen LogP contribution in [0.3, 0.4) is 0 Å². The molecule has 0 atom stereocenters. The molecule has 31 heavy (non-hydrogen) atoms. The van der Waals surface area contributed by atoms with Crippen molar-refractivity contribution in [2.24, 2.45) is 5.73 Å². The summed E-state index contributed by atoms with van der Waals surface area (Å²) in [6.07, 6.45) is 1.15. The van der Waals surface area contributed by atoms with Crippen molar-refractivity contribution in [3.63, 3.8) is 0 Å². The average molecular weight is 438 g/mol. The van der Waals surface area contributed by atoms with Gasteiger partial charge in [-0.25, -0.2) is 13.2 Å². The molecule has 0 spiro atoms. The fraction of sp³-hybridized carbons (Fsp3) is 0.130. The highest BCUT2D eigenvalue weighted by molar-refractivity contribution is 7.90. The van der Waals surface area contributed by atoms with Gasteiger partial charge in [-0.1, -0.05) is 48.5 Å². The van der Waals surface area contributed by atoms with E-state index in [4.69, 9.17) is 15.9 Å². The van der Waals surface area contributed by atoms with Gasteiger partial charge in [-0.3, -0.25) is 5.41 Å². The van der Waals surface area contributed by atoms with Gasteiger partial charge in [0.1, 0.15) is 11.6 Å². The lowest BCUT2D eigenvalue weighted by molar-refractivity contribution is 0.200. The SMILES string of the molecule is CS(=O)(=O)c1ccccc1-c1ccc(OC(=O)NCCc2cccc(C(=N)N)c2)cc1. The van der Waals surface area contributed by atoms with Crippen LogP contribution in [0.5, 0.6) is 5.75 Å². The second-order valence-electron chi connectivity index (χ2n) is 6.97. The molecule has 3 aromatic carbocycles. The smallest absolute Gasteiger partial charge is 0.410 e. The van der Waals surface area contributed by atoms with Crippen LogP contribution < -0.4 is 15.8 Å². The molecule has 0 unspecified atom stereocenters. The highest BCUT2D eigenvalue weighted by atomic mass is 32.2. The number of carbonyl (C=O) groups is 1. The summed E-state index contributed by atoms with van der Waals surface area (Å²) >= 11 is 0. The van der Waals surface area contributed by atoms with Gasteiger partial charge in [0.2, 0.25) is 0 Å². The van der Waals surface area contributed by atoms with E-state index in [-0.39, 0.29) is 10.7 Å². The Morgan fingerprint density at radius 1 is 1.03 bits per heavy atom. The molecule has 0 heterocycles. The van der Waals surface area contributed by atoms with Crippen molar-refractivity contribution >= 4 is 21.8 Å². The van der Waals surface area contributed by atoms with Crippen molar-refractivity contribution in [1.29, 1.82) is 5.41 Å². The first-order valence-corrected chi connectivity index (χ1v) is 11.4. The van der Waals surface area contributed by atoms with Crippen molar-refractivity contribution in [1.82, 2.24) is 5.32 Å². The molecular weight excluding hydrogens is 414 g/mol. The second-order valence-corrected chi connectivity index (χ2v) is 8.96. The summed E-state index contributed by atoms with van der Waals surface area (Å²) in [5, 5.41) is 10.2. The number of rotatable bonds is 7. The molecule has 4 N–H and O–H groups in total. The van der Waals surface area contributed by atoms with E-state index in [2.05, 4.69) is 5.32 Å². The number of amides is 1. The van der Waals surface area contributed by atoms with Crippen LogP contribution in [-0.2, 0) is 16.3 Å². The van der Waals surface area contributed by atoms with Crippen molar-refractivity contribution in [2.75, 3.05) is 12.8 Å². The molecular formula is C23H23N3O4S. The largest absolute Gasteiger partial charge is 0.412 e. The number of hydrogen-bond acceptors (Lipinski definition) is 5. The predicted molar refractivity (Wildman–Crippen MR) is 120 cm³/mol. The molecule has 0 aliphatic carbocycles. The van der Waals surface area contributed by atoms with Crippen LogP contribution in [0.1, 0.15) is 11.1 Å². The first-order valence-electron chi connectivity index (χ1n) is 9.52. The van der Waals surface area contributed by atoms with Gasteiger partial charge in [0.25, 0.3) is 0 Å². The van der Waals surface area contributed by atoms with Crippen LogP contribution in [0, 0.1) is 5.41 Å². The minimum absolute atomic E-state index is 0.00294. The zero-order valence-electron chi connectivity index (χ0n) is 17.0. The third kappa shape index (κ3) is 5.93. The van der Waals surface area contributed by atoms with Crippen molar-refractivity contribution < 1.29 is 17.9 Å². The summed E-state index contributed by atoms with van der Waals surface area (Å²) < 4.78 is 29.3. The van der Waals surface area contributed by atoms with Crippen LogP contribution in [0.15, 0.2) is 77.7 Å². The van der Waals surface area contributed by atoms with E-state index >= 15 is 0 Å². The maximum Gasteiger partial charge on any atom is 0.412 e. The van der Waals surface area contributed by atoms with Gasteiger partial charge >= 0.3 is 6.09 Å². The van der Waals surface area contributed by atoms with Gasteiger partial charge < -0.3 is 15.8 Å². The molecule has 0 fully saturated rings. The topological polar surface area (TPSA) is 122 Å². The molecule has 7 nitrogen and oxygen atoms in total. The van der Waals surface area contributed by atoms with Gasteiger partial charge in [-0.2, -0.15) is 0 Å². The summed E-state index contributed by atoms with van der Waals surface area (Å²) in [6.45, 7) is 0.361. The minimum Gasteiger partial charge on any atom is -0.410 e. The minimum atomic E-state index is -3.37. The Morgan fingerprint density at radius 2 is 1.74 bits per heavy atom. The molecule has 3 rings (SSSR count). The number of ether oxygens (including phenoxy) is 1. The Hall–Kier alpha value is -3.65. The van der Waals surface area contributed by atoms with Crippen LogP contribution in [-0.4, -0.2) is 33.1 Å². The third-order valence-electron chi connectivity index (χ3n) is 4.58. The number of benzene rings is 3. The molecule has 1 amide bonds. The summed E-state index contributed by atoms with van der Waals surface area (Å²) in [4.78, 5) is 12.3. The number of nitrogen functional groups attached to an aromatic ring is 1. The first-order chi connectivity index (χ1) is 14.7. The number of nitrogens with one attached hydrogen (secondary N) is 2. The van der Waals surface area contributed by atoms with Gasteiger partial charge in [-0.15, -0.1) is 0 Å². The van der Waals surface area contributed by atoms with Gasteiger partial charge in [0.05, 0.1) is 4.90 Å². The number of carbonyl (C=O) groups excluding carboxylic acids is 1. The molecule has 0 aliphatic heterocycles. The van der Waals surface area contributed by atoms with Crippen molar-refractivity contribution in [2.45, 2.75) is 11.3 Å². The number of hydrogen-bond donors (Lipinski definition) is 3. The lowest BCUT2D eigenvalue weighted by Gasteiger charge is -2.10. The number of amidine groups is 1. The Bertz CT molecular complexity index is 1210. The molecule has 8 heteroatoms. The summed E-state index contributed by atoms with van der Waals surface area (Å²) in [5.74, 6) is 0.341. The van der Waals surface area contributed by atoms with Gasteiger partial charge in [-0.05, 0) is 41.8 Å². The average Bonchev–Trinajstić information content (AvgIpc) is 2.74. The Morgan fingerprint density at radius 3 is 2.42 bits per heavy atom.